The molecule has 0 spiro atoms. The van der Waals surface area contributed by atoms with Gasteiger partial charge in [-0.25, -0.2) is 5.06 Å². The number of rotatable bonds is 4. The Hall–Kier alpha value is 0.250. The van der Waals surface area contributed by atoms with Crippen LogP contribution in [0.15, 0.2) is 0 Å². The van der Waals surface area contributed by atoms with E-state index in [4.69, 9.17) is 10.1 Å². The van der Waals surface area contributed by atoms with Crippen LogP contribution in [0.4, 0.5) is 0 Å². The number of nitrogens with zero attached hydrogens (tertiary/aromatic N) is 1. The summed E-state index contributed by atoms with van der Waals surface area (Å²) in [6, 6.07) is 0. The third-order valence-corrected chi connectivity index (χ3v) is 1.51. The summed E-state index contributed by atoms with van der Waals surface area (Å²) in [4.78, 5) is 37.9. The van der Waals surface area contributed by atoms with Gasteiger partial charge < -0.3 is 14.4 Å². The number of amides is 1. The van der Waals surface area contributed by atoms with Crippen LogP contribution in [0, 0.1) is 0 Å². The second-order valence-corrected chi connectivity index (χ2v) is 3.16. The molecule has 64 valence electrons. The van der Waals surface area contributed by atoms with Crippen molar-refractivity contribution < 1.29 is 58.7 Å². The molecule has 0 radical (unpaired) electrons. The van der Waals surface area contributed by atoms with E-state index in [1.54, 1.807) is 0 Å². The smallest absolute Gasteiger partial charge is 0.773 e. The van der Waals surface area contributed by atoms with Crippen LogP contribution in [-0.4, -0.2) is 33.6 Å². The first-order chi connectivity index (χ1) is 4.88. The third kappa shape index (κ3) is 5.84. The zero-order valence-electron chi connectivity index (χ0n) is 6.21. The Balaban J connectivity index is 0. The third-order valence-electron chi connectivity index (χ3n) is 0.734. The van der Waals surface area contributed by atoms with E-state index in [2.05, 4.69) is 0 Å². The molecule has 1 amide bonds. The molecule has 0 aromatic rings. The van der Waals surface area contributed by atoms with Gasteiger partial charge in [-0.2, -0.15) is 0 Å². The maximum atomic E-state index is 10.2. The standard InChI is InChI=1S/C3H6NO6P.Na/c5-2-4(7)1-3(6)11(8,9)10;/h2,7H,1H2,(H2,8,9,10);/q;+1/p-1. The first-order valence-corrected chi connectivity index (χ1v) is 3.93. The van der Waals surface area contributed by atoms with Crippen molar-refractivity contribution in [1.29, 1.82) is 0 Å². The van der Waals surface area contributed by atoms with Crippen molar-refractivity contribution >= 4 is 19.5 Å². The summed E-state index contributed by atoms with van der Waals surface area (Å²) in [5.74, 6) is 0. The van der Waals surface area contributed by atoms with Crippen molar-refractivity contribution in [2.45, 2.75) is 0 Å². The molecule has 0 saturated heterocycles. The summed E-state index contributed by atoms with van der Waals surface area (Å²) in [7, 11) is -5.07. The fourth-order valence-corrected chi connectivity index (χ4v) is 0.589. The van der Waals surface area contributed by atoms with Gasteiger partial charge in [0, 0.05) is 0 Å². The molecular weight excluding hydrogens is 200 g/mol. The average molecular weight is 205 g/mol. The van der Waals surface area contributed by atoms with Gasteiger partial charge in [0.25, 0.3) is 0 Å². The number of carbonyl (C=O) groups is 2. The van der Waals surface area contributed by atoms with Crippen LogP contribution in [0.5, 0.6) is 0 Å². The molecule has 7 nitrogen and oxygen atoms in total. The van der Waals surface area contributed by atoms with Crippen LogP contribution in [0.3, 0.4) is 0 Å². The van der Waals surface area contributed by atoms with E-state index in [1.807, 2.05) is 0 Å². The molecule has 9 heteroatoms. The Morgan fingerprint density at radius 2 is 2.08 bits per heavy atom. The molecule has 0 saturated carbocycles. The Labute approximate surface area is 89.8 Å². The Morgan fingerprint density at radius 1 is 1.67 bits per heavy atom. The zero-order chi connectivity index (χ0) is 9.07. The zero-order valence-corrected chi connectivity index (χ0v) is 9.10. The minimum atomic E-state index is -5.07. The number of hydroxylamine groups is 2. The monoisotopic (exact) mass is 205 g/mol. The van der Waals surface area contributed by atoms with Crippen molar-refractivity contribution in [3.05, 3.63) is 0 Å². The fourth-order valence-electron chi connectivity index (χ4n) is 0.265. The SMILES string of the molecule is O=CN(O)CC(=O)P(=O)([O-])O.[Na+]. The molecule has 0 rings (SSSR count). The van der Waals surface area contributed by atoms with Crippen molar-refractivity contribution in [2.24, 2.45) is 0 Å². The van der Waals surface area contributed by atoms with E-state index in [0.29, 0.717) is 0 Å². The van der Waals surface area contributed by atoms with Gasteiger partial charge in [-0.15, -0.1) is 0 Å². The molecule has 0 aromatic carbocycles. The van der Waals surface area contributed by atoms with E-state index in [9.17, 15) is 19.0 Å². The molecule has 2 N–H and O–H groups in total. The Bertz CT molecular complexity index is 213. The Kier molecular flexibility index (Phi) is 7.16. The minimum absolute atomic E-state index is 0. The van der Waals surface area contributed by atoms with Crippen LogP contribution in [0.25, 0.3) is 0 Å². The second kappa shape index (κ2) is 5.82. The van der Waals surface area contributed by atoms with Crippen LogP contribution < -0.4 is 34.5 Å². The van der Waals surface area contributed by atoms with Gasteiger partial charge >= 0.3 is 29.6 Å². The molecule has 0 aliphatic carbocycles. The molecule has 0 fully saturated rings. The van der Waals surface area contributed by atoms with Gasteiger partial charge in [-0.3, -0.25) is 14.8 Å². The summed E-state index contributed by atoms with van der Waals surface area (Å²) in [6.07, 6.45) is -0.159. The average Bonchev–Trinajstić information content (AvgIpc) is 1.85. The van der Waals surface area contributed by atoms with Crippen molar-refractivity contribution in [3.8, 4) is 0 Å². The van der Waals surface area contributed by atoms with Crippen molar-refractivity contribution in [3.63, 3.8) is 0 Å². The van der Waals surface area contributed by atoms with Crippen LogP contribution in [0.2, 0.25) is 0 Å². The second-order valence-electron chi connectivity index (χ2n) is 1.62. The summed E-state index contributed by atoms with van der Waals surface area (Å²) in [5, 5.41) is 8.07. The topological polar surface area (TPSA) is 118 Å². The summed E-state index contributed by atoms with van der Waals surface area (Å²) < 4.78 is 9.96. The largest absolute Gasteiger partial charge is 1.00 e. The molecule has 0 aliphatic heterocycles. The van der Waals surface area contributed by atoms with E-state index >= 15 is 0 Å². The summed E-state index contributed by atoms with van der Waals surface area (Å²) in [6.45, 7) is -1.07. The predicted octanol–water partition coefficient (Wildman–Crippen LogP) is -5.09. The van der Waals surface area contributed by atoms with Crippen LogP contribution in [-0.2, 0) is 14.2 Å². The molecule has 0 aliphatic rings. The molecule has 1 atom stereocenters. The maximum Gasteiger partial charge on any atom is 1.00 e. The van der Waals surface area contributed by atoms with Crippen molar-refractivity contribution in [1.82, 2.24) is 5.06 Å². The van der Waals surface area contributed by atoms with Gasteiger partial charge in [-0.1, -0.05) is 0 Å². The number of hydrogen-bond donors (Lipinski definition) is 2. The molecular formula is C3H5NNaO6P. The quantitative estimate of drug-likeness (QED) is 0.156. The van der Waals surface area contributed by atoms with E-state index in [0.717, 1.165) is 0 Å². The van der Waals surface area contributed by atoms with E-state index in [-0.39, 0.29) is 41.0 Å². The molecule has 12 heavy (non-hydrogen) atoms. The van der Waals surface area contributed by atoms with Gasteiger partial charge in [0.2, 0.25) is 11.9 Å². The molecule has 1 unspecified atom stereocenters. The summed E-state index contributed by atoms with van der Waals surface area (Å²) in [5.41, 5.74) is -1.62. The normalized spacial score (nSPS) is 13.9. The maximum absolute atomic E-state index is 10.2. The molecule has 0 aromatic heterocycles. The van der Waals surface area contributed by atoms with Crippen LogP contribution >= 0.6 is 7.60 Å². The predicted molar refractivity (Wildman–Crippen MR) is 29.4 cm³/mol. The molecule has 0 bridgehead atoms. The minimum Gasteiger partial charge on any atom is -0.773 e. The van der Waals surface area contributed by atoms with E-state index in [1.165, 1.54) is 0 Å². The Morgan fingerprint density at radius 3 is 2.33 bits per heavy atom. The van der Waals surface area contributed by atoms with Crippen molar-refractivity contribution in [2.75, 3.05) is 6.54 Å². The number of carbonyl (C=O) groups excluding carboxylic acids is 2. The van der Waals surface area contributed by atoms with Gasteiger partial charge in [0.15, 0.2) is 7.60 Å². The van der Waals surface area contributed by atoms with Gasteiger partial charge in [0.1, 0.15) is 6.54 Å². The van der Waals surface area contributed by atoms with Gasteiger partial charge in [0.05, 0.1) is 0 Å². The van der Waals surface area contributed by atoms with E-state index < -0.39 is 19.7 Å². The first kappa shape index (κ1) is 14.8. The van der Waals surface area contributed by atoms with Gasteiger partial charge in [-0.05, 0) is 0 Å². The fraction of sp³-hybridized carbons (Fsp3) is 0.333. The first-order valence-electron chi connectivity index (χ1n) is 2.36. The number of hydrogen-bond acceptors (Lipinski definition) is 5. The van der Waals surface area contributed by atoms with Crippen LogP contribution in [0.1, 0.15) is 0 Å². The molecule has 0 heterocycles. The summed E-state index contributed by atoms with van der Waals surface area (Å²) >= 11 is 0.